The number of alkyl halides is 3. The summed E-state index contributed by atoms with van der Waals surface area (Å²) in [5.41, 5.74) is -4.18. The van der Waals surface area contributed by atoms with Crippen molar-refractivity contribution in [2.45, 2.75) is 24.8 Å². The van der Waals surface area contributed by atoms with Crippen LogP contribution < -0.4 is 5.32 Å². The summed E-state index contributed by atoms with van der Waals surface area (Å²) >= 11 is -0.0666. The molecule has 0 atom stereocenters. The Kier molecular flexibility index (Phi) is 6.11. The van der Waals surface area contributed by atoms with Gasteiger partial charge in [0, 0.05) is 25.4 Å². The van der Waals surface area contributed by atoms with Crippen molar-refractivity contribution in [3.63, 3.8) is 0 Å². The third kappa shape index (κ3) is 6.78. The minimum Gasteiger partial charge on any atom is -0.342 e. The zero-order valence-corrected chi connectivity index (χ0v) is 10.4. The molecule has 3 nitrogen and oxygen atoms in total. The van der Waals surface area contributed by atoms with Crippen LogP contribution >= 0.6 is 11.8 Å². The van der Waals surface area contributed by atoms with Crippen LogP contribution in [0.25, 0.3) is 0 Å². The van der Waals surface area contributed by atoms with Gasteiger partial charge in [0.1, 0.15) is 0 Å². The molecule has 1 aliphatic heterocycles. The highest BCUT2D eigenvalue weighted by Crippen LogP contribution is 2.29. The van der Waals surface area contributed by atoms with E-state index in [0.717, 1.165) is 32.4 Å². The molecule has 1 saturated heterocycles. The van der Waals surface area contributed by atoms with Crippen LogP contribution in [0.2, 0.25) is 0 Å². The summed E-state index contributed by atoms with van der Waals surface area (Å²) in [6.07, 6.45) is 3.20. The van der Waals surface area contributed by atoms with Gasteiger partial charge >= 0.3 is 5.51 Å². The lowest BCUT2D eigenvalue weighted by molar-refractivity contribution is -0.131. The topological polar surface area (TPSA) is 32.3 Å². The molecule has 1 heterocycles. The number of amides is 1. The second-order valence-corrected chi connectivity index (χ2v) is 5.07. The number of thioether (sulfide) groups is 1. The molecule has 1 fully saturated rings. The molecule has 0 radical (unpaired) electrons. The predicted molar refractivity (Wildman–Crippen MR) is 61.8 cm³/mol. The number of likely N-dealkylation sites (tertiary alicyclic amines) is 1. The van der Waals surface area contributed by atoms with Crippen molar-refractivity contribution in [3.05, 3.63) is 0 Å². The zero-order valence-electron chi connectivity index (χ0n) is 9.55. The molecule has 0 bridgehead atoms. The van der Waals surface area contributed by atoms with E-state index in [4.69, 9.17) is 0 Å². The van der Waals surface area contributed by atoms with Crippen LogP contribution in [0.1, 0.15) is 19.3 Å². The number of halogens is 3. The van der Waals surface area contributed by atoms with Crippen LogP contribution in [0.15, 0.2) is 0 Å². The first-order valence-corrected chi connectivity index (χ1v) is 6.67. The molecule has 0 spiro atoms. The summed E-state index contributed by atoms with van der Waals surface area (Å²) in [4.78, 5) is 13.4. The van der Waals surface area contributed by atoms with E-state index in [9.17, 15) is 18.0 Å². The summed E-state index contributed by atoms with van der Waals surface area (Å²) in [7, 11) is 0. The molecule has 17 heavy (non-hydrogen) atoms. The highest BCUT2D eigenvalue weighted by Gasteiger charge is 2.27. The fourth-order valence-corrected chi connectivity index (χ4v) is 2.17. The van der Waals surface area contributed by atoms with Gasteiger partial charge in [0.25, 0.3) is 0 Å². The maximum Gasteiger partial charge on any atom is 0.441 e. The maximum absolute atomic E-state index is 11.8. The lowest BCUT2D eigenvalue weighted by Gasteiger charge is -2.26. The van der Waals surface area contributed by atoms with E-state index < -0.39 is 5.51 Å². The summed E-state index contributed by atoms with van der Waals surface area (Å²) in [6.45, 7) is 1.89. The van der Waals surface area contributed by atoms with Crippen molar-refractivity contribution >= 4 is 17.7 Å². The van der Waals surface area contributed by atoms with Crippen molar-refractivity contribution in [3.8, 4) is 0 Å². The summed E-state index contributed by atoms with van der Waals surface area (Å²) in [5.74, 6) is -0.0711. The van der Waals surface area contributed by atoms with Crippen LogP contribution in [-0.2, 0) is 4.79 Å². The van der Waals surface area contributed by atoms with Crippen LogP contribution in [0.3, 0.4) is 0 Å². The van der Waals surface area contributed by atoms with Crippen LogP contribution in [0.5, 0.6) is 0 Å². The van der Waals surface area contributed by atoms with E-state index in [0.29, 0.717) is 0 Å². The van der Waals surface area contributed by atoms with E-state index in [1.165, 1.54) is 0 Å². The summed E-state index contributed by atoms with van der Waals surface area (Å²) in [6, 6.07) is 0. The van der Waals surface area contributed by atoms with Crippen molar-refractivity contribution in [2.24, 2.45) is 0 Å². The largest absolute Gasteiger partial charge is 0.441 e. The van der Waals surface area contributed by atoms with Gasteiger partial charge in [-0.1, -0.05) is 0 Å². The van der Waals surface area contributed by atoms with E-state index in [2.05, 4.69) is 5.32 Å². The summed E-state index contributed by atoms with van der Waals surface area (Å²) < 4.78 is 35.4. The van der Waals surface area contributed by atoms with Gasteiger partial charge in [-0.25, -0.2) is 0 Å². The Bertz CT molecular complexity index is 242. The number of carbonyl (C=O) groups is 1. The number of piperidine rings is 1. The van der Waals surface area contributed by atoms with Crippen molar-refractivity contribution in [1.82, 2.24) is 10.2 Å². The maximum atomic E-state index is 11.8. The van der Waals surface area contributed by atoms with E-state index in [1.54, 1.807) is 4.90 Å². The number of hydrogen-bond donors (Lipinski definition) is 1. The number of nitrogens with zero attached hydrogens (tertiary/aromatic N) is 1. The molecule has 0 aromatic rings. The third-order valence-electron chi connectivity index (χ3n) is 2.53. The number of rotatable bonds is 5. The molecule has 0 aromatic carbocycles. The normalized spacial score (nSPS) is 17.2. The second-order valence-electron chi connectivity index (χ2n) is 3.91. The van der Waals surface area contributed by atoms with Gasteiger partial charge in [-0.05, 0) is 31.0 Å². The number of carbonyl (C=O) groups excluding carboxylic acids is 1. The monoisotopic (exact) mass is 270 g/mol. The Morgan fingerprint density at radius 3 is 2.47 bits per heavy atom. The van der Waals surface area contributed by atoms with E-state index in [-0.39, 0.29) is 36.5 Å². The van der Waals surface area contributed by atoms with Crippen LogP contribution in [-0.4, -0.2) is 48.2 Å². The van der Waals surface area contributed by atoms with Crippen molar-refractivity contribution in [1.29, 1.82) is 0 Å². The van der Waals surface area contributed by atoms with Crippen molar-refractivity contribution in [2.75, 3.05) is 31.9 Å². The van der Waals surface area contributed by atoms with Gasteiger partial charge in [0.15, 0.2) is 0 Å². The SMILES string of the molecule is O=C(CNCCSC(F)(F)F)N1CCCCC1. The zero-order chi connectivity index (χ0) is 12.7. The fourth-order valence-electron chi connectivity index (χ4n) is 1.69. The minimum absolute atomic E-state index is 0.0123. The standard InChI is InChI=1S/C10H17F3N2OS/c11-10(12,13)17-7-4-14-8-9(16)15-5-2-1-3-6-15/h14H,1-8H2. The molecule has 1 N–H and O–H groups in total. The first-order chi connectivity index (χ1) is 7.99. The quantitative estimate of drug-likeness (QED) is 0.774. The lowest BCUT2D eigenvalue weighted by Crippen LogP contribution is -2.41. The highest BCUT2D eigenvalue weighted by atomic mass is 32.2. The first kappa shape index (κ1) is 14.6. The Balaban J connectivity index is 2.04. The van der Waals surface area contributed by atoms with E-state index in [1.807, 2.05) is 0 Å². The van der Waals surface area contributed by atoms with Gasteiger partial charge in [0.2, 0.25) is 5.91 Å². The molecule has 1 aliphatic rings. The molecular weight excluding hydrogens is 253 g/mol. The highest BCUT2D eigenvalue weighted by molar-refractivity contribution is 8.00. The summed E-state index contributed by atoms with van der Waals surface area (Å²) in [5, 5.41) is 2.74. The molecule has 1 amide bonds. The van der Waals surface area contributed by atoms with Gasteiger partial charge in [-0.3, -0.25) is 4.79 Å². The molecular formula is C10H17F3N2OS. The Hall–Kier alpha value is -0.430. The molecule has 0 aromatic heterocycles. The molecule has 7 heteroatoms. The van der Waals surface area contributed by atoms with Gasteiger partial charge < -0.3 is 10.2 Å². The number of hydrogen-bond acceptors (Lipinski definition) is 3. The average molecular weight is 270 g/mol. The lowest BCUT2D eigenvalue weighted by atomic mass is 10.1. The van der Waals surface area contributed by atoms with E-state index >= 15 is 0 Å². The molecule has 0 aliphatic carbocycles. The van der Waals surface area contributed by atoms with Gasteiger partial charge in [-0.15, -0.1) is 0 Å². The third-order valence-corrected chi connectivity index (χ3v) is 3.27. The predicted octanol–water partition coefficient (Wildman–Crippen LogP) is 1.84. The molecule has 100 valence electrons. The number of nitrogens with one attached hydrogen (secondary N) is 1. The van der Waals surface area contributed by atoms with Gasteiger partial charge in [-0.2, -0.15) is 13.2 Å². The van der Waals surface area contributed by atoms with Gasteiger partial charge in [0.05, 0.1) is 6.54 Å². The second kappa shape index (κ2) is 7.10. The average Bonchev–Trinajstić information content (AvgIpc) is 2.28. The fraction of sp³-hybridized carbons (Fsp3) is 0.900. The molecule has 1 rings (SSSR count). The van der Waals surface area contributed by atoms with Crippen LogP contribution in [0, 0.1) is 0 Å². The van der Waals surface area contributed by atoms with Crippen LogP contribution in [0.4, 0.5) is 13.2 Å². The minimum atomic E-state index is -4.18. The smallest absolute Gasteiger partial charge is 0.342 e. The molecule has 0 unspecified atom stereocenters. The van der Waals surface area contributed by atoms with Crippen molar-refractivity contribution < 1.29 is 18.0 Å². The molecule has 0 saturated carbocycles. The Labute approximate surface area is 103 Å². The Morgan fingerprint density at radius 2 is 1.88 bits per heavy atom. The Morgan fingerprint density at radius 1 is 1.24 bits per heavy atom. The first-order valence-electron chi connectivity index (χ1n) is 5.68.